The lowest BCUT2D eigenvalue weighted by atomic mass is 9.76. The summed E-state index contributed by atoms with van der Waals surface area (Å²) >= 11 is 6.13. The van der Waals surface area contributed by atoms with Crippen molar-refractivity contribution < 1.29 is 23.8 Å². The number of hydrogen-bond donors (Lipinski definition) is 1. The summed E-state index contributed by atoms with van der Waals surface area (Å²) in [5.74, 6) is -0.242. The first-order valence-corrected chi connectivity index (χ1v) is 12.2. The summed E-state index contributed by atoms with van der Waals surface area (Å²) in [7, 11) is 1.47. The van der Waals surface area contributed by atoms with Gasteiger partial charge in [0.2, 0.25) is 0 Å². The van der Waals surface area contributed by atoms with Gasteiger partial charge in [0.25, 0.3) is 5.91 Å². The standard InChI is InChI=1S/C25H32ClN3O5/c1-4-19-21-20(12-25(15-27-23(21)30)8-10-33-11-9-25)29(28-19)13-16(2)14-34-24(31)17-6-5-7-18(26)22(17)32-3/h5-7,16H,4,8-15H2,1-3H3,(H,27,30)/t16-/m1/s1. The number of rotatable bonds is 7. The van der Waals surface area contributed by atoms with Crippen LogP contribution >= 0.6 is 11.6 Å². The topological polar surface area (TPSA) is 91.7 Å². The van der Waals surface area contributed by atoms with Crippen LogP contribution < -0.4 is 10.1 Å². The lowest BCUT2D eigenvalue weighted by Gasteiger charge is -2.36. The number of benzene rings is 1. The predicted molar refractivity (Wildman–Crippen MR) is 128 cm³/mol. The second-order valence-electron chi connectivity index (χ2n) is 9.30. The van der Waals surface area contributed by atoms with Crippen molar-refractivity contribution in [1.29, 1.82) is 0 Å². The van der Waals surface area contributed by atoms with Gasteiger partial charge in [-0.3, -0.25) is 9.48 Å². The Morgan fingerprint density at radius 2 is 2.12 bits per heavy atom. The fourth-order valence-corrected chi connectivity index (χ4v) is 5.10. The number of nitrogens with one attached hydrogen (secondary N) is 1. The zero-order valence-corrected chi connectivity index (χ0v) is 20.7. The van der Waals surface area contributed by atoms with Crippen molar-refractivity contribution in [3.05, 3.63) is 45.7 Å². The number of methoxy groups -OCH3 is 1. The van der Waals surface area contributed by atoms with Crippen LogP contribution in [0.5, 0.6) is 5.75 Å². The van der Waals surface area contributed by atoms with E-state index < -0.39 is 5.97 Å². The molecule has 0 radical (unpaired) electrons. The fraction of sp³-hybridized carbons (Fsp3) is 0.560. The van der Waals surface area contributed by atoms with Crippen LogP contribution in [0.2, 0.25) is 5.02 Å². The number of fused-ring (bicyclic) bond motifs is 1. The average molecular weight is 490 g/mol. The number of hydrogen-bond acceptors (Lipinski definition) is 6. The molecule has 0 aliphatic carbocycles. The van der Waals surface area contributed by atoms with Gasteiger partial charge >= 0.3 is 5.97 Å². The van der Waals surface area contributed by atoms with Gasteiger partial charge in [-0.15, -0.1) is 0 Å². The Labute approximate surface area is 204 Å². The lowest BCUT2D eigenvalue weighted by Crippen LogP contribution is -2.41. The molecule has 0 bridgehead atoms. The Balaban J connectivity index is 1.50. The molecule has 1 amide bonds. The molecule has 1 fully saturated rings. The van der Waals surface area contributed by atoms with E-state index in [9.17, 15) is 9.59 Å². The molecule has 34 heavy (non-hydrogen) atoms. The Bertz CT molecular complexity index is 1060. The third-order valence-corrected chi connectivity index (χ3v) is 7.08. The van der Waals surface area contributed by atoms with Gasteiger partial charge in [-0.1, -0.05) is 31.5 Å². The molecule has 1 aromatic heterocycles. The van der Waals surface area contributed by atoms with Gasteiger partial charge in [-0.05, 0) is 43.2 Å². The maximum absolute atomic E-state index is 13.0. The highest BCUT2D eigenvalue weighted by Gasteiger charge is 2.39. The van der Waals surface area contributed by atoms with Crippen molar-refractivity contribution in [1.82, 2.24) is 15.1 Å². The molecule has 0 unspecified atom stereocenters. The maximum Gasteiger partial charge on any atom is 0.341 e. The van der Waals surface area contributed by atoms with Crippen LogP contribution in [0.15, 0.2) is 18.2 Å². The van der Waals surface area contributed by atoms with E-state index in [4.69, 9.17) is 30.9 Å². The van der Waals surface area contributed by atoms with Gasteiger partial charge < -0.3 is 19.5 Å². The van der Waals surface area contributed by atoms with Crippen LogP contribution in [-0.4, -0.2) is 55.1 Å². The highest BCUT2D eigenvalue weighted by molar-refractivity contribution is 6.32. The van der Waals surface area contributed by atoms with E-state index in [1.54, 1.807) is 18.2 Å². The summed E-state index contributed by atoms with van der Waals surface area (Å²) in [5, 5.41) is 8.29. The smallest absolute Gasteiger partial charge is 0.341 e. The van der Waals surface area contributed by atoms with E-state index in [1.807, 2.05) is 18.5 Å². The summed E-state index contributed by atoms with van der Waals surface area (Å²) in [6, 6.07) is 4.98. The first-order valence-electron chi connectivity index (χ1n) is 11.8. The van der Waals surface area contributed by atoms with Crippen molar-refractivity contribution in [3.8, 4) is 5.75 Å². The number of aromatic nitrogens is 2. The van der Waals surface area contributed by atoms with E-state index >= 15 is 0 Å². The molecule has 1 saturated heterocycles. The molecule has 1 aromatic carbocycles. The number of amides is 1. The summed E-state index contributed by atoms with van der Waals surface area (Å²) < 4.78 is 18.4. The minimum absolute atomic E-state index is 0.0131. The zero-order valence-electron chi connectivity index (χ0n) is 20.0. The third-order valence-electron chi connectivity index (χ3n) is 6.79. The van der Waals surface area contributed by atoms with Gasteiger partial charge in [-0.2, -0.15) is 5.10 Å². The van der Waals surface area contributed by atoms with E-state index in [-0.39, 0.29) is 23.8 Å². The molecule has 9 heteroatoms. The van der Waals surface area contributed by atoms with Gasteiger partial charge in [0.1, 0.15) is 5.56 Å². The van der Waals surface area contributed by atoms with Crippen LogP contribution in [0.1, 0.15) is 58.8 Å². The summed E-state index contributed by atoms with van der Waals surface area (Å²) in [4.78, 5) is 25.6. The monoisotopic (exact) mass is 489 g/mol. The van der Waals surface area contributed by atoms with E-state index in [0.717, 1.165) is 30.7 Å². The molecule has 2 aliphatic rings. The van der Waals surface area contributed by atoms with Gasteiger partial charge in [0, 0.05) is 32.2 Å². The van der Waals surface area contributed by atoms with Gasteiger partial charge in [-0.25, -0.2) is 4.79 Å². The van der Waals surface area contributed by atoms with Crippen molar-refractivity contribution >= 4 is 23.5 Å². The molecule has 1 atom stereocenters. The zero-order chi connectivity index (χ0) is 24.3. The molecule has 184 valence electrons. The van der Waals surface area contributed by atoms with Gasteiger partial charge in [0.05, 0.1) is 35.7 Å². The van der Waals surface area contributed by atoms with Crippen LogP contribution in [0, 0.1) is 11.3 Å². The minimum Gasteiger partial charge on any atom is -0.494 e. The summed E-state index contributed by atoms with van der Waals surface area (Å²) in [6.07, 6.45) is 3.28. The number of ether oxygens (including phenoxy) is 3. The molecular weight excluding hydrogens is 458 g/mol. The predicted octanol–water partition coefficient (Wildman–Crippen LogP) is 3.68. The Kier molecular flexibility index (Phi) is 7.48. The average Bonchev–Trinajstić information content (AvgIpc) is 3.10. The molecule has 2 aliphatic heterocycles. The van der Waals surface area contributed by atoms with Crippen molar-refractivity contribution in [2.45, 2.75) is 46.1 Å². The van der Waals surface area contributed by atoms with Crippen molar-refractivity contribution in [2.24, 2.45) is 11.3 Å². The first-order chi connectivity index (χ1) is 16.4. The Hall–Kier alpha value is -2.58. The van der Waals surface area contributed by atoms with Crippen LogP contribution in [0.4, 0.5) is 0 Å². The molecule has 3 heterocycles. The second-order valence-corrected chi connectivity index (χ2v) is 9.71. The number of halogens is 1. The number of para-hydroxylation sites is 1. The SMILES string of the molecule is CCc1nn(C[C@@H](C)COC(=O)c2cccc(Cl)c2OC)c2c1C(=O)NCC1(CCOCC1)C2. The quantitative estimate of drug-likeness (QED) is 0.596. The minimum atomic E-state index is -0.486. The first kappa shape index (κ1) is 24.5. The highest BCUT2D eigenvalue weighted by atomic mass is 35.5. The largest absolute Gasteiger partial charge is 0.494 e. The molecule has 1 spiro atoms. The number of carbonyl (C=O) groups excluding carboxylic acids is 2. The normalized spacial score (nSPS) is 18.1. The van der Waals surface area contributed by atoms with Crippen LogP contribution in [0.25, 0.3) is 0 Å². The number of carbonyl (C=O) groups is 2. The van der Waals surface area contributed by atoms with Crippen molar-refractivity contribution in [3.63, 3.8) is 0 Å². The molecule has 1 N–H and O–H groups in total. The molecule has 4 rings (SSSR count). The van der Waals surface area contributed by atoms with Crippen LogP contribution in [-0.2, 0) is 28.9 Å². The van der Waals surface area contributed by atoms with Crippen LogP contribution in [0.3, 0.4) is 0 Å². The molecule has 8 nitrogen and oxygen atoms in total. The second kappa shape index (κ2) is 10.4. The third kappa shape index (κ3) is 4.93. The fourth-order valence-electron chi connectivity index (χ4n) is 4.84. The summed E-state index contributed by atoms with van der Waals surface area (Å²) in [5.41, 5.74) is 2.77. The highest BCUT2D eigenvalue weighted by Crippen LogP contribution is 2.37. The Morgan fingerprint density at radius 3 is 2.82 bits per heavy atom. The molecule has 2 aromatic rings. The number of nitrogens with zero attached hydrogens (tertiary/aromatic N) is 2. The number of aryl methyl sites for hydroxylation is 1. The van der Waals surface area contributed by atoms with E-state index in [2.05, 4.69) is 5.32 Å². The van der Waals surface area contributed by atoms with E-state index in [1.165, 1.54) is 7.11 Å². The van der Waals surface area contributed by atoms with Crippen molar-refractivity contribution in [2.75, 3.05) is 33.5 Å². The molecular formula is C25H32ClN3O5. The summed E-state index contributed by atoms with van der Waals surface area (Å²) in [6.45, 7) is 6.83. The Morgan fingerprint density at radius 1 is 1.35 bits per heavy atom. The van der Waals surface area contributed by atoms with E-state index in [0.29, 0.717) is 54.6 Å². The number of esters is 1. The lowest BCUT2D eigenvalue weighted by molar-refractivity contribution is 0.0151. The molecule has 0 saturated carbocycles. The maximum atomic E-state index is 13.0. The van der Waals surface area contributed by atoms with Gasteiger partial charge in [0.15, 0.2) is 5.75 Å².